The summed E-state index contributed by atoms with van der Waals surface area (Å²) in [6.45, 7) is 0.800. The van der Waals surface area contributed by atoms with Gasteiger partial charge in [-0.2, -0.15) is 8.42 Å². The van der Waals surface area contributed by atoms with Crippen LogP contribution < -0.4 is 9.50 Å². The van der Waals surface area contributed by atoms with Crippen LogP contribution in [-0.4, -0.2) is 26.3 Å². The van der Waals surface area contributed by atoms with Crippen molar-refractivity contribution in [1.82, 2.24) is 5.32 Å². The van der Waals surface area contributed by atoms with Gasteiger partial charge in [-0.3, -0.25) is 0 Å². The molecule has 3 aromatic carbocycles. The Morgan fingerprint density at radius 3 is 2.74 bits per heavy atom. The summed E-state index contributed by atoms with van der Waals surface area (Å²) in [6, 6.07) is 17.8. The topological polar surface area (TPSA) is 75.6 Å². The van der Waals surface area contributed by atoms with Gasteiger partial charge in [0.25, 0.3) is 0 Å². The Kier molecular flexibility index (Phi) is 4.53. The van der Waals surface area contributed by atoms with E-state index in [0.29, 0.717) is 0 Å². The third kappa shape index (κ3) is 3.77. The van der Waals surface area contributed by atoms with Gasteiger partial charge in [0.2, 0.25) is 0 Å². The molecule has 1 atom stereocenters. The van der Waals surface area contributed by atoms with E-state index >= 15 is 0 Å². The first-order valence-electron chi connectivity index (χ1n) is 8.86. The fourth-order valence-electron chi connectivity index (χ4n) is 3.76. The third-order valence-electron chi connectivity index (χ3n) is 4.93. The highest BCUT2D eigenvalue weighted by atomic mass is 32.2. The molecule has 1 aliphatic rings. The number of benzene rings is 3. The minimum Gasteiger partial charge on any atom is -0.504 e. The summed E-state index contributed by atoms with van der Waals surface area (Å²) in [5, 5.41) is 16.0. The molecule has 6 heteroatoms. The summed E-state index contributed by atoms with van der Waals surface area (Å²) < 4.78 is 27.9. The predicted octanol–water partition coefficient (Wildman–Crippen LogP) is 3.31. The molecule has 0 radical (unpaired) electrons. The van der Waals surface area contributed by atoms with E-state index in [1.807, 2.05) is 12.1 Å². The highest BCUT2D eigenvalue weighted by molar-refractivity contribution is 7.86. The second-order valence-electron chi connectivity index (χ2n) is 6.91. The summed E-state index contributed by atoms with van der Waals surface area (Å²) in [7, 11) is -3.71. The monoisotopic (exact) mass is 383 g/mol. The van der Waals surface area contributed by atoms with E-state index in [1.165, 1.54) is 16.3 Å². The van der Waals surface area contributed by atoms with E-state index in [9.17, 15) is 13.5 Å². The molecule has 0 unspecified atom stereocenters. The van der Waals surface area contributed by atoms with Crippen LogP contribution in [0.5, 0.6) is 11.5 Å². The minimum absolute atomic E-state index is 0.0158. The Bertz CT molecular complexity index is 1100. The number of hydrogen-bond donors (Lipinski definition) is 2. The van der Waals surface area contributed by atoms with Crippen molar-refractivity contribution in [2.24, 2.45) is 0 Å². The van der Waals surface area contributed by atoms with Crippen molar-refractivity contribution >= 4 is 20.9 Å². The van der Waals surface area contributed by atoms with Gasteiger partial charge >= 0.3 is 10.1 Å². The van der Waals surface area contributed by atoms with Gasteiger partial charge in [-0.15, -0.1) is 0 Å². The molecule has 27 heavy (non-hydrogen) atoms. The number of rotatable bonds is 4. The Hall–Kier alpha value is -2.57. The van der Waals surface area contributed by atoms with Crippen molar-refractivity contribution in [3.05, 3.63) is 71.3 Å². The van der Waals surface area contributed by atoms with E-state index in [1.54, 1.807) is 12.1 Å². The molecular formula is C21H21NO4S. The fraction of sp³-hybridized carbons (Fsp3) is 0.238. The maximum Gasteiger partial charge on any atom is 0.306 e. The third-order valence-corrected chi connectivity index (χ3v) is 5.41. The standard InChI is InChI=1S/C21H21NO4S/c1-27(24,25)26-21-13-18-16(12-20(21)23)9-10-22-19(18)11-15-7-4-6-14-5-2-3-8-17(14)15/h2-8,12-13,19,22-23H,9-11H2,1H3/t19-/m0/s1. The number of phenolic OH excluding ortho intramolecular Hbond substituents is 1. The quantitative estimate of drug-likeness (QED) is 0.676. The van der Waals surface area contributed by atoms with Crippen molar-refractivity contribution < 1.29 is 17.7 Å². The highest BCUT2D eigenvalue weighted by Gasteiger charge is 2.24. The van der Waals surface area contributed by atoms with Crippen molar-refractivity contribution in [2.75, 3.05) is 12.8 Å². The van der Waals surface area contributed by atoms with Crippen LogP contribution in [0.3, 0.4) is 0 Å². The second kappa shape index (κ2) is 6.87. The van der Waals surface area contributed by atoms with Crippen LogP contribution in [0.25, 0.3) is 10.8 Å². The number of nitrogens with one attached hydrogen (secondary N) is 1. The molecule has 0 spiro atoms. The van der Waals surface area contributed by atoms with Crippen molar-refractivity contribution in [3.8, 4) is 11.5 Å². The molecule has 2 N–H and O–H groups in total. The van der Waals surface area contributed by atoms with Crippen LogP contribution in [-0.2, 0) is 23.0 Å². The molecule has 0 bridgehead atoms. The van der Waals surface area contributed by atoms with Crippen LogP contribution in [0.4, 0.5) is 0 Å². The lowest BCUT2D eigenvalue weighted by Gasteiger charge is -2.28. The van der Waals surface area contributed by atoms with Gasteiger partial charge in [0.1, 0.15) is 0 Å². The van der Waals surface area contributed by atoms with E-state index in [0.717, 1.165) is 36.8 Å². The van der Waals surface area contributed by atoms with Crippen LogP contribution in [0.2, 0.25) is 0 Å². The van der Waals surface area contributed by atoms with Gasteiger partial charge in [0.15, 0.2) is 11.5 Å². The lowest BCUT2D eigenvalue weighted by molar-refractivity contribution is 0.424. The van der Waals surface area contributed by atoms with Crippen LogP contribution in [0.1, 0.15) is 22.7 Å². The molecule has 0 saturated heterocycles. The van der Waals surface area contributed by atoms with E-state index in [4.69, 9.17) is 4.18 Å². The molecule has 5 nitrogen and oxygen atoms in total. The van der Waals surface area contributed by atoms with E-state index in [2.05, 4.69) is 35.6 Å². The van der Waals surface area contributed by atoms with Gasteiger partial charge in [-0.1, -0.05) is 42.5 Å². The molecule has 0 fully saturated rings. The highest BCUT2D eigenvalue weighted by Crippen LogP contribution is 2.37. The molecule has 1 heterocycles. The average Bonchev–Trinajstić information content (AvgIpc) is 2.62. The first-order valence-corrected chi connectivity index (χ1v) is 10.7. The zero-order valence-corrected chi connectivity index (χ0v) is 15.8. The maximum atomic E-state index is 11.5. The Morgan fingerprint density at radius 1 is 1.15 bits per heavy atom. The molecule has 3 aromatic rings. The smallest absolute Gasteiger partial charge is 0.306 e. The zero-order valence-electron chi connectivity index (χ0n) is 15.0. The Morgan fingerprint density at radius 2 is 1.93 bits per heavy atom. The summed E-state index contributed by atoms with van der Waals surface area (Å²) in [5.41, 5.74) is 3.19. The van der Waals surface area contributed by atoms with Crippen LogP contribution in [0.15, 0.2) is 54.6 Å². The maximum absolute atomic E-state index is 11.5. The molecular weight excluding hydrogens is 362 g/mol. The summed E-state index contributed by atoms with van der Waals surface area (Å²) >= 11 is 0. The normalized spacial score (nSPS) is 16.9. The summed E-state index contributed by atoms with van der Waals surface area (Å²) in [4.78, 5) is 0. The van der Waals surface area contributed by atoms with Crippen molar-refractivity contribution in [2.45, 2.75) is 18.9 Å². The van der Waals surface area contributed by atoms with Gasteiger partial charge < -0.3 is 14.6 Å². The largest absolute Gasteiger partial charge is 0.504 e. The molecule has 4 rings (SSSR count). The zero-order chi connectivity index (χ0) is 19.0. The molecule has 1 aliphatic heterocycles. The molecule has 0 aromatic heterocycles. The lowest BCUT2D eigenvalue weighted by Crippen LogP contribution is -2.31. The minimum atomic E-state index is -3.71. The Labute approximate surface area is 158 Å². The van der Waals surface area contributed by atoms with E-state index < -0.39 is 10.1 Å². The molecule has 0 amide bonds. The number of hydrogen-bond acceptors (Lipinski definition) is 5. The predicted molar refractivity (Wildman–Crippen MR) is 106 cm³/mol. The van der Waals surface area contributed by atoms with Crippen LogP contribution in [0, 0.1) is 0 Å². The fourth-order valence-corrected chi connectivity index (χ4v) is 4.22. The van der Waals surface area contributed by atoms with Gasteiger partial charge in [0, 0.05) is 6.04 Å². The Balaban J connectivity index is 1.73. The van der Waals surface area contributed by atoms with Crippen molar-refractivity contribution in [1.29, 1.82) is 0 Å². The molecule has 0 saturated carbocycles. The van der Waals surface area contributed by atoms with Crippen LogP contribution >= 0.6 is 0 Å². The second-order valence-corrected chi connectivity index (χ2v) is 8.48. The first-order chi connectivity index (χ1) is 12.9. The average molecular weight is 383 g/mol. The van der Waals surface area contributed by atoms with Gasteiger partial charge in [-0.25, -0.2) is 0 Å². The summed E-state index contributed by atoms with van der Waals surface area (Å²) in [6.07, 6.45) is 2.50. The number of aromatic hydroxyl groups is 1. The first kappa shape index (κ1) is 17.8. The number of fused-ring (bicyclic) bond motifs is 2. The number of phenols is 1. The van der Waals surface area contributed by atoms with Crippen molar-refractivity contribution in [3.63, 3.8) is 0 Å². The lowest BCUT2D eigenvalue weighted by atomic mass is 9.88. The van der Waals surface area contributed by atoms with Gasteiger partial charge in [0.05, 0.1) is 6.26 Å². The molecule has 0 aliphatic carbocycles. The van der Waals surface area contributed by atoms with Gasteiger partial charge in [-0.05, 0) is 59.0 Å². The molecule has 140 valence electrons. The van der Waals surface area contributed by atoms with E-state index in [-0.39, 0.29) is 17.5 Å². The SMILES string of the molecule is CS(=O)(=O)Oc1cc2c(cc1O)CCN[C@H]2Cc1cccc2ccccc12. The summed E-state index contributed by atoms with van der Waals surface area (Å²) in [5.74, 6) is -0.173.